The number of nitrogens with zero attached hydrogens (tertiary/aromatic N) is 1. The highest BCUT2D eigenvalue weighted by Crippen LogP contribution is 2.27. The van der Waals surface area contributed by atoms with Gasteiger partial charge in [-0.1, -0.05) is 6.92 Å². The van der Waals surface area contributed by atoms with Crippen molar-refractivity contribution in [3.63, 3.8) is 0 Å². The third kappa shape index (κ3) is 5.09. The summed E-state index contributed by atoms with van der Waals surface area (Å²) in [6.07, 6.45) is 2.61. The predicted octanol–water partition coefficient (Wildman–Crippen LogP) is 2.89. The summed E-state index contributed by atoms with van der Waals surface area (Å²) in [5.74, 6) is -0.868. The maximum Gasteiger partial charge on any atom is 0.410 e. The molecule has 19 heavy (non-hydrogen) atoms. The van der Waals surface area contributed by atoms with Crippen molar-refractivity contribution in [2.24, 2.45) is 5.92 Å². The van der Waals surface area contributed by atoms with E-state index >= 15 is 0 Å². The topological polar surface area (TPSA) is 66.8 Å². The number of amides is 1. The highest BCUT2D eigenvalue weighted by atomic mass is 16.6. The molecule has 1 heterocycles. The molecule has 1 saturated heterocycles. The standard InChI is InChI=1S/C14H25NO4/c1-10(9-12(16)17)11-7-5-6-8-15(11)13(18)19-14(2,3)4/h10-11H,5-9H2,1-4H3,(H,16,17)/t10-,11+/m1/s1. The van der Waals surface area contributed by atoms with E-state index in [1.165, 1.54) is 0 Å². The van der Waals surface area contributed by atoms with Gasteiger partial charge in [0.05, 0.1) is 0 Å². The molecule has 1 N–H and O–H groups in total. The van der Waals surface area contributed by atoms with Gasteiger partial charge in [-0.05, 0) is 46.0 Å². The fourth-order valence-corrected chi connectivity index (χ4v) is 2.51. The van der Waals surface area contributed by atoms with Crippen LogP contribution in [0.15, 0.2) is 0 Å². The van der Waals surface area contributed by atoms with Crippen LogP contribution < -0.4 is 0 Å². The van der Waals surface area contributed by atoms with Gasteiger partial charge in [0.2, 0.25) is 0 Å². The second-order valence-corrected chi connectivity index (χ2v) is 6.31. The second-order valence-electron chi connectivity index (χ2n) is 6.31. The molecule has 5 heteroatoms. The van der Waals surface area contributed by atoms with Gasteiger partial charge < -0.3 is 14.7 Å². The molecule has 0 unspecified atom stereocenters. The Hall–Kier alpha value is -1.26. The van der Waals surface area contributed by atoms with Crippen LogP contribution in [0.25, 0.3) is 0 Å². The Bertz CT molecular complexity index is 335. The van der Waals surface area contributed by atoms with Crippen LogP contribution in [-0.2, 0) is 9.53 Å². The average molecular weight is 271 g/mol. The Balaban J connectivity index is 2.71. The number of carbonyl (C=O) groups is 2. The van der Waals surface area contributed by atoms with Crippen molar-refractivity contribution in [2.45, 2.75) is 65.0 Å². The van der Waals surface area contributed by atoms with Gasteiger partial charge in [-0.3, -0.25) is 4.79 Å². The van der Waals surface area contributed by atoms with E-state index in [-0.39, 0.29) is 24.5 Å². The second kappa shape index (κ2) is 6.26. The molecule has 110 valence electrons. The fraction of sp³-hybridized carbons (Fsp3) is 0.857. The van der Waals surface area contributed by atoms with Crippen LogP contribution in [0.4, 0.5) is 4.79 Å². The number of rotatable bonds is 3. The van der Waals surface area contributed by atoms with Crippen LogP contribution in [0.3, 0.4) is 0 Å². The van der Waals surface area contributed by atoms with E-state index in [4.69, 9.17) is 9.84 Å². The van der Waals surface area contributed by atoms with Gasteiger partial charge in [0.25, 0.3) is 0 Å². The molecule has 0 radical (unpaired) electrons. The van der Waals surface area contributed by atoms with Gasteiger partial charge >= 0.3 is 12.1 Å². The Kier molecular flexibility index (Phi) is 5.20. The predicted molar refractivity (Wildman–Crippen MR) is 72.0 cm³/mol. The summed E-state index contributed by atoms with van der Waals surface area (Å²) in [6, 6.07) is -0.0281. The largest absolute Gasteiger partial charge is 0.481 e. The first-order valence-corrected chi connectivity index (χ1v) is 6.92. The van der Waals surface area contributed by atoms with Crippen molar-refractivity contribution in [2.75, 3.05) is 6.54 Å². The number of piperidine rings is 1. The third-order valence-corrected chi connectivity index (χ3v) is 3.33. The monoisotopic (exact) mass is 271 g/mol. The van der Waals surface area contributed by atoms with Crippen LogP contribution in [0.2, 0.25) is 0 Å². The highest BCUT2D eigenvalue weighted by molar-refractivity contribution is 5.69. The Morgan fingerprint density at radius 1 is 1.37 bits per heavy atom. The van der Waals surface area contributed by atoms with E-state index in [0.29, 0.717) is 6.54 Å². The minimum Gasteiger partial charge on any atom is -0.481 e. The summed E-state index contributed by atoms with van der Waals surface area (Å²) < 4.78 is 5.40. The minimum absolute atomic E-state index is 0.0281. The lowest BCUT2D eigenvalue weighted by atomic mass is 9.89. The summed E-state index contributed by atoms with van der Waals surface area (Å²) >= 11 is 0. The number of carboxylic acid groups (broad SMARTS) is 1. The zero-order valence-corrected chi connectivity index (χ0v) is 12.3. The summed E-state index contributed by atoms with van der Waals surface area (Å²) in [5.41, 5.74) is -0.519. The molecule has 1 aliphatic rings. The van der Waals surface area contributed by atoms with Crippen molar-refractivity contribution < 1.29 is 19.4 Å². The lowest BCUT2D eigenvalue weighted by Gasteiger charge is -2.39. The van der Waals surface area contributed by atoms with E-state index in [0.717, 1.165) is 19.3 Å². The average Bonchev–Trinajstić information content (AvgIpc) is 2.25. The van der Waals surface area contributed by atoms with Crippen molar-refractivity contribution in [3.05, 3.63) is 0 Å². The van der Waals surface area contributed by atoms with Crippen molar-refractivity contribution >= 4 is 12.1 Å². The maximum atomic E-state index is 12.2. The number of ether oxygens (including phenoxy) is 1. The molecule has 0 bridgehead atoms. The number of carboxylic acids is 1. The normalized spacial score (nSPS) is 21.9. The van der Waals surface area contributed by atoms with Crippen molar-refractivity contribution in [1.29, 1.82) is 0 Å². The zero-order valence-electron chi connectivity index (χ0n) is 12.3. The zero-order chi connectivity index (χ0) is 14.6. The van der Waals surface area contributed by atoms with Crippen LogP contribution in [-0.4, -0.2) is 40.3 Å². The van der Waals surface area contributed by atoms with E-state index in [1.54, 1.807) is 4.90 Å². The van der Waals surface area contributed by atoms with Crippen LogP contribution in [0.5, 0.6) is 0 Å². The number of likely N-dealkylation sites (tertiary alicyclic amines) is 1. The van der Waals surface area contributed by atoms with Crippen molar-refractivity contribution in [3.8, 4) is 0 Å². The molecule has 5 nitrogen and oxygen atoms in total. The molecule has 0 spiro atoms. The summed E-state index contributed by atoms with van der Waals surface area (Å²) in [6.45, 7) is 8.06. The SMILES string of the molecule is C[C@H](CC(=O)O)[C@@H]1CCCCN1C(=O)OC(C)(C)C. The molecule has 2 atom stereocenters. The molecule has 1 amide bonds. The molecule has 1 aliphatic heterocycles. The quantitative estimate of drug-likeness (QED) is 0.857. The van der Waals surface area contributed by atoms with E-state index in [1.807, 2.05) is 27.7 Å². The van der Waals surface area contributed by atoms with Crippen molar-refractivity contribution in [1.82, 2.24) is 4.90 Å². The molecule has 1 rings (SSSR count). The first kappa shape index (κ1) is 15.8. The molecule has 0 aromatic heterocycles. The number of hydrogen-bond acceptors (Lipinski definition) is 3. The van der Waals surface area contributed by atoms with E-state index in [2.05, 4.69) is 0 Å². The first-order valence-electron chi connectivity index (χ1n) is 6.92. The number of carbonyl (C=O) groups excluding carboxylic acids is 1. The molecular formula is C14H25NO4. The Morgan fingerprint density at radius 3 is 2.53 bits per heavy atom. The van der Waals surface area contributed by atoms with Crippen LogP contribution >= 0.6 is 0 Å². The van der Waals surface area contributed by atoms with Gasteiger partial charge in [-0.15, -0.1) is 0 Å². The van der Waals surface area contributed by atoms with Crippen LogP contribution in [0, 0.1) is 5.92 Å². The molecule has 0 aromatic rings. The van der Waals surface area contributed by atoms with E-state index < -0.39 is 11.6 Å². The number of hydrogen-bond donors (Lipinski definition) is 1. The first-order chi connectivity index (χ1) is 8.70. The smallest absolute Gasteiger partial charge is 0.410 e. The lowest BCUT2D eigenvalue weighted by Crippen LogP contribution is -2.49. The molecule has 0 aliphatic carbocycles. The Morgan fingerprint density at radius 2 is 2.00 bits per heavy atom. The maximum absolute atomic E-state index is 12.2. The molecule has 0 saturated carbocycles. The lowest BCUT2D eigenvalue weighted by molar-refractivity contribution is -0.138. The van der Waals surface area contributed by atoms with Gasteiger partial charge in [0, 0.05) is 19.0 Å². The van der Waals surface area contributed by atoms with Gasteiger partial charge in [0.15, 0.2) is 0 Å². The molecule has 0 aromatic carbocycles. The summed E-state index contributed by atoms with van der Waals surface area (Å²) in [5, 5.41) is 8.89. The minimum atomic E-state index is -0.817. The Labute approximate surface area is 114 Å². The summed E-state index contributed by atoms with van der Waals surface area (Å²) in [7, 11) is 0. The third-order valence-electron chi connectivity index (χ3n) is 3.33. The van der Waals surface area contributed by atoms with Crippen LogP contribution in [0.1, 0.15) is 53.4 Å². The fourth-order valence-electron chi connectivity index (χ4n) is 2.51. The molecular weight excluding hydrogens is 246 g/mol. The van der Waals surface area contributed by atoms with E-state index in [9.17, 15) is 9.59 Å². The van der Waals surface area contributed by atoms with Gasteiger partial charge in [-0.25, -0.2) is 4.79 Å². The van der Waals surface area contributed by atoms with Gasteiger partial charge in [0.1, 0.15) is 5.60 Å². The molecule has 1 fully saturated rings. The summed E-state index contributed by atoms with van der Waals surface area (Å²) in [4.78, 5) is 24.7. The highest BCUT2D eigenvalue weighted by Gasteiger charge is 2.34. The number of aliphatic carboxylic acids is 1. The van der Waals surface area contributed by atoms with Gasteiger partial charge in [-0.2, -0.15) is 0 Å².